The summed E-state index contributed by atoms with van der Waals surface area (Å²) in [6.45, 7) is 12.1. The highest BCUT2D eigenvalue weighted by Gasteiger charge is 2.16. The molecule has 1 atom stereocenters. The molecule has 5 nitrogen and oxygen atoms in total. The van der Waals surface area contributed by atoms with E-state index in [4.69, 9.17) is 4.98 Å². The van der Waals surface area contributed by atoms with Gasteiger partial charge in [-0.25, -0.2) is 4.98 Å². The van der Waals surface area contributed by atoms with Gasteiger partial charge in [-0.2, -0.15) is 4.37 Å². The summed E-state index contributed by atoms with van der Waals surface area (Å²) in [5.41, 5.74) is 2.48. The summed E-state index contributed by atoms with van der Waals surface area (Å²) in [6, 6.07) is 8.69. The van der Waals surface area contributed by atoms with Gasteiger partial charge in [-0.15, -0.1) is 0 Å². The molecule has 0 aliphatic rings. The van der Waals surface area contributed by atoms with Crippen molar-refractivity contribution < 1.29 is 4.79 Å². The predicted molar refractivity (Wildman–Crippen MR) is 118 cm³/mol. The number of aromatic nitrogens is 2. The molecule has 1 aromatic heterocycles. The summed E-state index contributed by atoms with van der Waals surface area (Å²) in [7, 11) is 0. The topological polar surface area (TPSA) is 58.1 Å². The number of nitrogens with zero attached hydrogens (tertiary/aromatic N) is 3. The average Bonchev–Trinajstić information content (AvgIpc) is 3.12. The highest BCUT2D eigenvalue weighted by Crippen LogP contribution is 2.20. The first-order chi connectivity index (χ1) is 13.4. The van der Waals surface area contributed by atoms with E-state index in [-0.39, 0.29) is 11.9 Å². The number of aryl methyl sites for hydroxylation is 1. The number of carbonyl (C=O) groups is 1. The summed E-state index contributed by atoms with van der Waals surface area (Å²) in [5, 5.41) is 4.00. The van der Waals surface area contributed by atoms with E-state index in [0.29, 0.717) is 18.9 Å². The zero-order chi connectivity index (χ0) is 20.5. The van der Waals surface area contributed by atoms with Crippen molar-refractivity contribution in [1.82, 2.24) is 14.7 Å². The van der Waals surface area contributed by atoms with E-state index < -0.39 is 0 Å². The molecule has 6 heteroatoms. The van der Waals surface area contributed by atoms with Crippen LogP contribution < -0.4 is 10.2 Å². The second kappa shape index (κ2) is 11.1. The number of hydrogen-bond donors (Lipinski definition) is 1. The summed E-state index contributed by atoms with van der Waals surface area (Å²) in [5.74, 6) is 1.39. The minimum absolute atomic E-state index is 0.104. The van der Waals surface area contributed by atoms with E-state index in [1.165, 1.54) is 22.7 Å². The fourth-order valence-electron chi connectivity index (χ4n) is 2.71. The number of hydrogen-bond acceptors (Lipinski definition) is 5. The third kappa shape index (κ3) is 7.23. The van der Waals surface area contributed by atoms with Crippen LogP contribution in [0.4, 0.5) is 5.13 Å². The van der Waals surface area contributed by atoms with Crippen LogP contribution in [0.2, 0.25) is 0 Å². The Morgan fingerprint density at radius 2 is 1.89 bits per heavy atom. The van der Waals surface area contributed by atoms with Crippen LogP contribution in [0, 0.1) is 12.8 Å². The first kappa shape index (κ1) is 22.3. The van der Waals surface area contributed by atoms with Crippen molar-refractivity contribution in [3.05, 3.63) is 41.2 Å². The highest BCUT2D eigenvalue weighted by atomic mass is 32.1. The lowest BCUT2D eigenvalue weighted by atomic mass is 10.1. The molecule has 1 N–H and O–H groups in total. The smallest absolute Gasteiger partial charge is 0.221 e. The molecule has 0 saturated carbocycles. The quantitative estimate of drug-likeness (QED) is 0.597. The van der Waals surface area contributed by atoms with Gasteiger partial charge in [-0.1, -0.05) is 57.0 Å². The van der Waals surface area contributed by atoms with Crippen LogP contribution in [0.25, 0.3) is 0 Å². The molecule has 0 aliphatic heterocycles. The molecule has 0 aliphatic carbocycles. The third-order valence-corrected chi connectivity index (χ3v) is 5.80. The maximum Gasteiger partial charge on any atom is 0.221 e. The van der Waals surface area contributed by atoms with Crippen LogP contribution in [0.3, 0.4) is 0 Å². The maximum atomic E-state index is 12.3. The van der Waals surface area contributed by atoms with E-state index in [0.717, 1.165) is 36.8 Å². The van der Waals surface area contributed by atoms with E-state index >= 15 is 0 Å². The van der Waals surface area contributed by atoms with Crippen LogP contribution in [-0.4, -0.2) is 34.4 Å². The lowest BCUT2D eigenvalue weighted by Crippen LogP contribution is -2.38. The molecule has 0 saturated heterocycles. The van der Waals surface area contributed by atoms with Gasteiger partial charge in [0.2, 0.25) is 11.0 Å². The van der Waals surface area contributed by atoms with Crippen molar-refractivity contribution in [2.45, 2.75) is 66.3 Å². The standard InChI is InChI=1S/C22H34N4OS/c1-6-7-13-26(14-12-21(27)23-18(5)16(2)3)22-24-20(25-28-22)15-19-10-8-17(4)9-11-19/h8-11,16,18H,6-7,12-15H2,1-5H3,(H,23,27)/t18-/m1/s1. The van der Waals surface area contributed by atoms with Crippen LogP contribution in [0.15, 0.2) is 24.3 Å². The fraction of sp³-hybridized carbons (Fsp3) is 0.591. The van der Waals surface area contributed by atoms with E-state index in [1.807, 2.05) is 0 Å². The van der Waals surface area contributed by atoms with Crippen molar-refractivity contribution in [3.63, 3.8) is 0 Å². The molecule has 1 aromatic carbocycles. The summed E-state index contributed by atoms with van der Waals surface area (Å²) < 4.78 is 4.55. The normalized spacial score (nSPS) is 12.2. The molecule has 28 heavy (non-hydrogen) atoms. The highest BCUT2D eigenvalue weighted by molar-refractivity contribution is 7.09. The Morgan fingerprint density at radius 3 is 2.54 bits per heavy atom. The number of benzene rings is 1. The molecule has 2 rings (SSSR count). The zero-order valence-corrected chi connectivity index (χ0v) is 18.7. The van der Waals surface area contributed by atoms with Crippen LogP contribution in [-0.2, 0) is 11.2 Å². The molecular formula is C22H34N4OS. The van der Waals surface area contributed by atoms with Gasteiger partial charge >= 0.3 is 0 Å². The number of nitrogens with one attached hydrogen (secondary N) is 1. The van der Waals surface area contributed by atoms with Gasteiger partial charge in [0.05, 0.1) is 0 Å². The predicted octanol–water partition coefficient (Wildman–Crippen LogP) is 4.59. The zero-order valence-electron chi connectivity index (χ0n) is 17.9. The Hall–Kier alpha value is -1.95. The number of carbonyl (C=O) groups excluding carboxylic acids is 1. The van der Waals surface area contributed by atoms with E-state index in [9.17, 15) is 4.79 Å². The molecule has 0 fully saturated rings. The minimum atomic E-state index is 0.104. The van der Waals surface area contributed by atoms with Crippen LogP contribution in [0.5, 0.6) is 0 Å². The van der Waals surface area contributed by atoms with Crippen molar-refractivity contribution in [3.8, 4) is 0 Å². The largest absolute Gasteiger partial charge is 0.353 e. The second-order valence-electron chi connectivity index (χ2n) is 7.85. The maximum absolute atomic E-state index is 12.3. The molecule has 154 valence electrons. The fourth-order valence-corrected chi connectivity index (χ4v) is 3.45. The van der Waals surface area contributed by atoms with Crippen LogP contribution in [0.1, 0.15) is 63.9 Å². The van der Waals surface area contributed by atoms with Gasteiger partial charge in [-0.3, -0.25) is 4.79 Å². The van der Waals surface area contributed by atoms with Gasteiger partial charge in [0, 0.05) is 43.5 Å². The van der Waals surface area contributed by atoms with Gasteiger partial charge in [0.15, 0.2) is 0 Å². The molecule has 1 amide bonds. The summed E-state index contributed by atoms with van der Waals surface area (Å²) in [6.07, 6.45) is 3.41. The minimum Gasteiger partial charge on any atom is -0.353 e. The third-order valence-electron chi connectivity index (χ3n) is 4.99. The number of rotatable bonds is 11. The van der Waals surface area contributed by atoms with Gasteiger partial charge in [-0.05, 0) is 31.7 Å². The Morgan fingerprint density at radius 1 is 1.18 bits per heavy atom. The second-order valence-corrected chi connectivity index (χ2v) is 8.58. The van der Waals surface area contributed by atoms with Crippen molar-refractivity contribution in [2.75, 3.05) is 18.0 Å². The number of unbranched alkanes of at least 4 members (excludes halogenated alkanes) is 1. The lowest BCUT2D eigenvalue weighted by molar-refractivity contribution is -0.121. The average molecular weight is 403 g/mol. The Balaban J connectivity index is 1.97. The van der Waals surface area contributed by atoms with Crippen molar-refractivity contribution in [2.24, 2.45) is 5.92 Å². The van der Waals surface area contributed by atoms with Crippen molar-refractivity contribution >= 4 is 22.6 Å². The molecule has 0 spiro atoms. The Kier molecular flexibility index (Phi) is 8.90. The van der Waals surface area contributed by atoms with Crippen molar-refractivity contribution in [1.29, 1.82) is 0 Å². The number of amides is 1. The molecule has 1 heterocycles. The lowest BCUT2D eigenvalue weighted by Gasteiger charge is -2.22. The molecule has 0 unspecified atom stereocenters. The molecule has 2 aromatic rings. The van der Waals surface area contributed by atoms with Gasteiger partial charge < -0.3 is 10.2 Å². The first-order valence-electron chi connectivity index (χ1n) is 10.3. The SMILES string of the molecule is CCCCN(CCC(=O)N[C@H](C)C(C)C)c1nc(Cc2ccc(C)cc2)ns1. The molecular weight excluding hydrogens is 368 g/mol. The van der Waals surface area contributed by atoms with E-state index in [1.54, 1.807) is 0 Å². The summed E-state index contributed by atoms with van der Waals surface area (Å²) in [4.78, 5) is 19.2. The summed E-state index contributed by atoms with van der Waals surface area (Å²) >= 11 is 1.43. The first-order valence-corrected chi connectivity index (χ1v) is 11.1. The number of anilines is 1. The molecule has 0 bridgehead atoms. The van der Waals surface area contributed by atoms with Gasteiger partial charge in [0.25, 0.3) is 0 Å². The van der Waals surface area contributed by atoms with E-state index in [2.05, 4.69) is 73.5 Å². The van der Waals surface area contributed by atoms with Gasteiger partial charge in [0.1, 0.15) is 5.82 Å². The Labute approximate surface area is 173 Å². The molecule has 0 radical (unpaired) electrons. The van der Waals surface area contributed by atoms with Crippen LogP contribution >= 0.6 is 11.5 Å². The monoisotopic (exact) mass is 402 g/mol. The Bertz CT molecular complexity index is 726.